The van der Waals surface area contributed by atoms with Crippen molar-refractivity contribution in [3.8, 4) is 18.2 Å². The zero-order valence-electron chi connectivity index (χ0n) is 9.24. The van der Waals surface area contributed by atoms with Crippen molar-refractivity contribution in [2.24, 2.45) is 0 Å². The zero-order valence-corrected chi connectivity index (χ0v) is 9.99. The molecule has 0 spiro atoms. The van der Waals surface area contributed by atoms with E-state index in [4.69, 9.17) is 32.8 Å². The minimum Gasteiger partial charge on any atom is -0.762 e. The Morgan fingerprint density at radius 3 is 2.33 bits per heavy atom. The lowest BCUT2D eigenvalue weighted by atomic mass is 10.1. The van der Waals surface area contributed by atoms with Gasteiger partial charge >= 0.3 is 0 Å². The van der Waals surface area contributed by atoms with E-state index < -0.39 is 0 Å². The molecule has 0 atom stereocenters. The molecule has 0 saturated carbocycles. The maximum absolute atomic E-state index is 8.65. The SMILES string of the molecule is N#CC(=C=[N-])/C=C1\CCC(C=C(C#N)C#N)=C1Cl. The van der Waals surface area contributed by atoms with Gasteiger partial charge in [0.05, 0.1) is 5.57 Å². The molecule has 0 N–H and O–H groups in total. The van der Waals surface area contributed by atoms with E-state index in [-0.39, 0.29) is 11.1 Å². The molecule has 86 valence electrons. The Balaban J connectivity index is 3.16. The van der Waals surface area contributed by atoms with Gasteiger partial charge in [-0.25, -0.2) is 0 Å². The first-order chi connectivity index (χ1) is 8.65. The van der Waals surface area contributed by atoms with Gasteiger partial charge in [-0.1, -0.05) is 11.6 Å². The van der Waals surface area contributed by atoms with Crippen LogP contribution in [0.5, 0.6) is 0 Å². The smallest absolute Gasteiger partial charge is 0.130 e. The topological polar surface area (TPSA) is 93.7 Å². The van der Waals surface area contributed by atoms with Crippen LogP contribution in [0.2, 0.25) is 0 Å². The highest BCUT2D eigenvalue weighted by Crippen LogP contribution is 2.35. The van der Waals surface area contributed by atoms with Crippen LogP contribution >= 0.6 is 11.6 Å². The van der Waals surface area contributed by atoms with Crippen LogP contribution in [0.3, 0.4) is 0 Å². The van der Waals surface area contributed by atoms with Crippen LogP contribution < -0.4 is 0 Å². The lowest BCUT2D eigenvalue weighted by Gasteiger charge is -1.96. The van der Waals surface area contributed by atoms with Crippen molar-refractivity contribution >= 4 is 17.5 Å². The molecular weight excluding hydrogens is 248 g/mol. The highest BCUT2D eigenvalue weighted by Gasteiger charge is 2.17. The maximum Gasteiger partial charge on any atom is 0.130 e. The average molecular weight is 254 g/mol. The summed E-state index contributed by atoms with van der Waals surface area (Å²) in [7, 11) is 0. The Labute approximate surface area is 110 Å². The lowest BCUT2D eigenvalue weighted by Crippen LogP contribution is -1.80. The summed E-state index contributed by atoms with van der Waals surface area (Å²) in [4.78, 5) is 0. The van der Waals surface area contributed by atoms with Crippen LogP contribution in [0.15, 0.2) is 39.5 Å². The fourth-order valence-electron chi connectivity index (χ4n) is 1.49. The van der Waals surface area contributed by atoms with Crippen LogP contribution in [0.1, 0.15) is 12.8 Å². The number of rotatable bonds is 2. The number of nitrogens with zero attached hydrogens (tertiary/aromatic N) is 4. The predicted molar refractivity (Wildman–Crippen MR) is 67.0 cm³/mol. The van der Waals surface area contributed by atoms with Crippen LogP contribution in [0, 0.1) is 34.0 Å². The van der Waals surface area contributed by atoms with Crippen molar-refractivity contribution < 1.29 is 0 Å². The van der Waals surface area contributed by atoms with Crippen LogP contribution in [0.4, 0.5) is 0 Å². The Kier molecular flexibility index (Phi) is 4.67. The van der Waals surface area contributed by atoms with Crippen molar-refractivity contribution in [3.05, 3.63) is 44.9 Å². The van der Waals surface area contributed by atoms with Gasteiger partial charge in [0.15, 0.2) is 0 Å². The molecule has 4 nitrogen and oxygen atoms in total. The fraction of sp³-hybridized carbons (Fsp3) is 0.154. The van der Waals surface area contributed by atoms with Crippen molar-refractivity contribution in [1.29, 1.82) is 15.8 Å². The fourth-order valence-corrected chi connectivity index (χ4v) is 1.79. The second-order valence-corrected chi connectivity index (χ2v) is 3.81. The molecule has 1 aliphatic carbocycles. The molecular formula is C13H6ClN4-. The molecule has 0 radical (unpaired) electrons. The molecule has 1 rings (SSSR count). The number of halogens is 1. The third-order valence-electron chi connectivity index (χ3n) is 2.35. The Morgan fingerprint density at radius 2 is 1.83 bits per heavy atom. The summed E-state index contributed by atoms with van der Waals surface area (Å²) < 4.78 is 0. The van der Waals surface area contributed by atoms with Gasteiger partial charge in [0, 0.05) is 5.03 Å². The van der Waals surface area contributed by atoms with Crippen LogP contribution in [-0.4, -0.2) is 5.87 Å². The molecule has 18 heavy (non-hydrogen) atoms. The molecule has 0 aromatic heterocycles. The van der Waals surface area contributed by atoms with Crippen LogP contribution in [0.25, 0.3) is 5.41 Å². The summed E-state index contributed by atoms with van der Waals surface area (Å²) in [6.07, 6.45) is 4.03. The van der Waals surface area contributed by atoms with Crippen molar-refractivity contribution in [3.63, 3.8) is 0 Å². The standard InChI is InChI=1S/C13H6ClN4/c14-13-11(3-9(5-15)6-16)1-2-12(13)4-10(7-17)8-18/h3-4H,1-2H2/q-1/b11-3+. The second-order valence-electron chi connectivity index (χ2n) is 3.43. The molecule has 0 fully saturated rings. The molecule has 0 amide bonds. The minimum atomic E-state index is -0.0193. The molecule has 0 aliphatic heterocycles. The number of hydrogen-bond acceptors (Lipinski definition) is 3. The summed E-state index contributed by atoms with van der Waals surface area (Å²) in [5.41, 5.74) is 1.32. The van der Waals surface area contributed by atoms with E-state index in [0.717, 1.165) is 0 Å². The predicted octanol–water partition coefficient (Wildman–Crippen LogP) is 2.86. The first kappa shape index (κ1) is 13.5. The summed E-state index contributed by atoms with van der Waals surface area (Å²) in [5.74, 6) is 1.75. The minimum absolute atomic E-state index is 0.0193. The molecule has 5 heteroatoms. The van der Waals surface area contributed by atoms with Gasteiger partial charge in [-0.05, 0) is 36.1 Å². The Bertz CT molecular complexity index is 622. The number of nitriles is 3. The van der Waals surface area contributed by atoms with E-state index in [1.54, 1.807) is 24.1 Å². The van der Waals surface area contributed by atoms with Gasteiger partial charge in [0.2, 0.25) is 0 Å². The van der Waals surface area contributed by atoms with E-state index in [1.807, 2.05) is 0 Å². The largest absolute Gasteiger partial charge is 0.762 e. The molecule has 0 aromatic rings. The van der Waals surface area contributed by atoms with E-state index in [2.05, 4.69) is 0 Å². The summed E-state index contributed by atoms with van der Waals surface area (Å²) in [5, 5.41) is 35.0. The van der Waals surface area contributed by atoms with E-state index >= 15 is 0 Å². The molecule has 1 aliphatic rings. The van der Waals surface area contributed by atoms with Gasteiger partial charge in [0.1, 0.15) is 23.8 Å². The first-order valence-electron chi connectivity index (χ1n) is 4.95. The summed E-state index contributed by atoms with van der Waals surface area (Å²) in [6, 6.07) is 5.26. The summed E-state index contributed by atoms with van der Waals surface area (Å²) >= 11 is 6.08. The second kappa shape index (κ2) is 6.24. The van der Waals surface area contributed by atoms with Gasteiger partial charge in [-0.3, -0.25) is 5.87 Å². The van der Waals surface area contributed by atoms with Gasteiger partial charge in [-0.15, -0.1) is 0 Å². The highest BCUT2D eigenvalue weighted by atomic mass is 35.5. The molecule has 0 bridgehead atoms. The third-order valence-corrected chi connectivity index (χ3v) is 2.83. The van der Waals surface area contributed by atoms with Gasteiger partial charge in [-0.2, -0.15) is 15.8 Å². The van der Waals surface area contributed by atoms with Gasteiger partial charge < -0.3 is 5.41 Å². The van der Waals surface area contributed by atoms with Crippen molar-refractivity contribution in [2.75, 3.05) is 0 Å². The van der Waals surface area contributed by atoms with Crippen molar-refractivity contribution in [1.82, 2.24) is 0 Å². The third kappa shape index (κ3) is 2.97. The average Bonchev–Trinajstić information content (AvgIpc) is 2.74. The summed E-state index contributed by atoms with van der Waals surface area (Å²) in [6.45, 7) is 0. The van der Waals surface area contributed by atoms with Crippen molar-refractivity contribution in [2.45, 2.75) is 12.8 Å². The maximum atomic E-state index is 8.65. The molecule has 0 saturated heterocycles. The Hall–Kier alpha value is -2.57. The molecule has 0 aromatic carbocycles. The number of allylic oxidation sites excluding steroid dienone is 7. The quantitative estimate of drug-likeness (QED) is 0.559. The first-order valence-corrected chi connectivity index (χ1v) is 5.32. The van der Waals surface area contributed by atoms with E-state index in [0.29, 0.717) is 29.0 Å². The molecule has 0 heterocycles. The van der Waals surface area contributed by atoms with E-state index in [1.165, 1.54) is 12.2 Å². The van der Waals surface area contributed by atoms with E-state index in [9.17, 15) is 0 Å². The highest BCUT2D eigenvalue weighted by molar-refractivity contribution is 6.33. The zero-order chi connectivity index (χ0) is 13.5. The van der Waals surface area contributed by atoms with Crippen LogP contribution in [-0.2, 0) is 0 Å². The number of hydrogen-bond donors (Lipinski definition) is 0. The lowest BCUT2D eigenvalue weighted by molar-refractivity contribution is 1.03. The Morgan fingerprint density at radius 1 is 1.17 bits per heavy atom. The monoisotopic (exact) mass is 253 g/mol. The van der Waals surface area contributed by atoms with Gasteiger partial charge in [0.25, 0.3) is 0 Å². The molecule has 0 unspecified atom stereocenters. The normalized spacial score (nSPS) is 15.3.